The molecule has 0 aromatic heterocycles. The minimum atomic E-state index is -5.90. The molecule has 180 valence electrons. The van der Waals surface area contributed by atoms with E-state index in [1.54, 1.807) is 0 Å². The van der Waals surface area contributed by atoms with Crippen molar-refractivity contribution in [3.63, 3.8) is 0 Å². The average molecular weight is 476 g/mol. The Kier molecular flexibility index (Phi) is 7.50. The first-order chi connectivity index (χ1) is 15.1. The summed E-state index contributed by atoms with van der Waals surface area (Å²) in [7, 11) is 0. The molecule has 0 spiro atoms. The van der Waals surface area contributed by atoms with Crippen LogP contribution in [0.25, 0.3) is 0 Å². The highest BCUT2D eigenvalue weighted by Crippen LogP contribution is 2.57. The van der Waals surface area contributed by atoms with Crippen LogP contribution in [0.3, 0.4) is 0 Å². The zero-order valence-electron chi connectivity index (χ0n) is 18.2. The molecule has 0 heterocycles. The molecule has 0 fully saturated rings. The van der Waals surface area contributed by atoms with Crippen molar-refractivity contribution in [3.05, 3.63) is 70.8 Å². The fourth-order valence-electron chi connectivity index (χ4n) is 3.35. The lowest BCUT2D eigenvalue weighted by atomic mass is 9.71. The minimum Gasteiger partial charge on any atom is -0.459 e. The van der Waals surface area contributed by atoms with E-state index in [1.807, 2.05) is 0 Å². The van der Waals surface area contributed by atoms with Gasteiger partial charge in [0.25, 0.3) is 0 Å². The number of hydrogen-bond donors (Lipinski definition) is 0. The Balaban J connectivity index is 2.82. The minimum absolute atomic E-state index is 0.224. The summed E-state index contributed by atoms with van der Waals surface area (Å²) in [5.74, 6) is -2.22. The molecular weight excluding hydrogens is 454 g/mol. The summed E-state index contributed by atoms with van der Waals surface area (Å²) in [6.45, 7) is 5.90. The van der Waals surface area contributed by atoms with Crippen molar-refractivity contribution < 1.29 is 45.4 Å². The SMILES string of the molecule is CC(C)OC(=O)c1ccc(C(c2ccccc2C(=O)OC(C)C)(C(F)(F)F)C(F)(F)F)cc1. The number of benzene rings is 2. The average Bonchev–Trinajstić information content (AvgIpc) is 2.66. The van der Waals surface area contributed by atoms with Crippen molar-refractivity contribution in [3.8, 4) is 0 Å². The monoisotopic (exact) mass is 476 g/mol. The zero-order valence-corrected chi connectivity index (χ0v) is 18.2. The van der Waals surface area contributed by atoms with E-state index in [0.717, 1.165) is 30.3 Å². The largest absolute Gasteiger partial charge is 0.459 e. The van der Waals surface area contributed by atoms with Gasteiger partial charge in [-0.15, -0.1) is 0 Å². The van der Waals surface area contributed by atoms with Crippen LogP contribution in [0.15, 0.2) is 48.5 Å². The molecule has 2 rings (SSSR count). The van der Waals surface area contributed by atoms with Crippen LogP contribution in [0.2, 0.25) is 0 Å². The van der Waals surface area contributed by atoms with Gasteiger partial charge in [-0.3, -0.25) is 0 Å². The molecule has 0 saturated heterocycles. The molecule has 0 radical (unpaired) electrons. The highest BCUT2D eigenvalue weighted by atomic mass is 19.4. The topological polar surface area (TPSA) is 52.6 Å². The number of esters is 2. The van der Waals surface area contributed by atoms with Crippen molar-refractivity contribution in [2.45, 2.75) is 57.7 Å². The maximum Gasteiger partial charge on any atom is 0.411 e. The maximum absolute atomic E-state index is 14.4. The molecule has 2 aromatic rings. The second-order valence-electron chi connectivity index (χ2n) is 7.78. The van der Waals surface area contributed by atoms with Gasteiger partial charge in [-0.1, -0.05) is 30.3 Å². The predicted octanol–water partition coefficient (Wildman–Crippen LogP) is 6.23. The van der Waals surface area contributed by atoms with E-state index in [1.165, 1.54) is 27.7 Å². The molecule has 0 bridgehead atoms. The summed E-state index contributed by atoms with van der Waals surface area (Å²) in [6, 6.07) is 6.32. The van der Waals surface area contributed by atoms with E-state index in [-0.39, 0.29) is 5.56 Å². The lowest BCUT2D eigenvalue weighted by Gasteiger charge is -2.39. The number of carbonyl (C=O) groups excluding carboxylic acids is 2. The van der Waals surface area contributed by atoms with Gasteiger partial charge < -0.3 is 9.47 Å². The molecule has 33 heavy (non-hydrogen) atoms. The Labute approximate surface area is 186 Å². The lowest BCUT2D eigenvalue weighted by Crippen LogP contribution is -2.55. The fraction of sp³-hybridized carbons (Fsp3) is 0.391. The molecule has 0 aliphatic heterocycles. The summed E-state index contributed by atoms with van der Waals surface area (Å²) in [4.78, 5) is 24.4. The van der Waals surface area contributed by atoms with Gasteiger partial charge in [0.05, 0.1) is 23.3 Å². The van der Waals surface area contributed by atoms with Crippen molar-refractivity contribution >= 4 is 11.9 Å². The van der Waals surface area contributed by atoms with Gasteiger partial charge >= 0.3 is 24.3 Å². The smallest absolute Gasteiger partial charge is 0.411 e. The number of alkyl halides is 6. The normalized spacial score (nSPS) is 12.7. The van der Waals surface area contributed by atoms with E-state index >= 15 is 0 Å². The second kappa shape index (κ2) is 9.44. The molecule has 4 nitrogen and oxygen atoms in total. The Morgan fingerprint density at radius 3 is 1.61 bits per heavy atom. The first kappa shape index (κ1) is 26.2. The molecule has 0 amide bonds. The van der Waals surface area contributed by atoms with Crippen LogP contribution in [0.5, 0.6) is 0 Å². The highest BCUT2D eigenvalue weighted by molar-refractivity contribution is 5.92. The van der Waals surface area contributed by atoms with Crippen LogP contribution in [0.4, 0.5) is 26.3 Å². The van der Waals surface area contributed by atoms with Gasteiger partial charge in [0, 0.05) is 0 Å². The van der Waals surface area contributed by atoms with Gasteiger partial charge in [-0.05, 0) is 57.0 Å². The third kappa shape index (κ3) is 5.15. The Bertz CT molecular complexity index is 977. The molecule has 0 aliphatic carbocycles. The third-order valence-corrected chi connectivity index (χ3v) is 4.64. The van der Waals surface area contributed by atoms with Crippen LogP contribution < -0.4 is 0 Å². The molecule has 0 N–H and O–H groups in total. The van der Waals surface area contributed by atoms with Crippen molar-refractivity contribution in [1.29, 1.82) is 0 Å². The molecule has 0 saturated carbocycles. The van der Waals surface area contributed by atoms with Crippen LogP contribution >= 0.6 is 0 Å². The summed E-state index contributed by atoms with van der Waals surface area (Å²) < 4.78 is 96.3. The second-order valence-corrected chi connectivity index (χ2v) is 7.78. The van der Waals surface area contributed by atoms with E-state index < -0.39 is 58.6 Å². The Hall–Kier alpha value is -3.04. The van der Waals surface area contributed by atoms with Crippen molar-refractivity contribution in [2.75, 3.05) is 0 Å². The predicted molar refractivity (Wildman–Crippen MR) is 107 cm³/mol. The van der Waals surface area contributed by atoms with Crippen LogP contribution in [-0.4, -0.2) is 36.5 Å². The van der Waals surface area contributed by atoms with Crippen molar-refractivity contribution in [2.24, 2.45) is 0 Å². The van der Waals surface area contributed by atoms with Gasteiger partial charge in [0.2, 0.25) is 5.41 Å². The maximum atomic E-state index is 14.4. The molecule has 0 atom stereocenters. The zero-order chi connectivity index (χ0) is 25.2. The Morgan fingerprint density at radius 1 is 0.697 bits per heavy atom. The van der Waals surface area contributed by atoms with Crippen LogP contribution in [-0.2, 0) is 14.9 Å². The summed E-state index contributed by atoms with van der Waals surface area (Å²) in [6.07, 6.45) is -13.1. The van der Waals surface area contributed by atoms with Gasteiger partial charge in [0.1, 0.15) is 0 Å². The quantitative estimate of drug-likeness (QED) is 0.367. The fourth-order valence-corrected chi connectivity index (χ4v) is 3.35. The standard InChI is InChI=1S/C23H22F6O4/c1-13(2)32-19(30)15-9-11-16(12-10-15)21(22(24,25)26,23(27,28)29)18-8-6-5-7-17(18)20(31)33-14(3)4/h5-14H,1-4H3. The van der Waals surface area contributed by atoms with E-state index in [2.05, 4.69) is 0 Å². The highest BCUT2D eigenvalue weighted by Gasteiger charge is 2.73. The molecule has 0 aliphatic rings. The number of hydrogen-bond acceptors (Lipinski definition) is 4. The number of halogens is 6. The first-order valence-corrected chi connectivity index (χ1v) is 9.88. The summed E-state index contributed by atoms with van der Waals surface area (Å²) >= 11 is 0. The number of ether oxygens (including phenoxy) is 2. The molecule has 0 unspecified atom stereocenters. The number of carbonyl (C=O) groups is 2. The summed E-state index contributed by atoms with van der Waals surface area (Å²) in [5, 5.41) is 0. The van der Waals surface area contributed by atoms with Crippen LogP contribution in [0.1, 0.15) is 59.5 Å². The van der Waals surface area contributed by atoms with Gasteiger partial charge in [0.15, 0.2) is 0 Å². The van der Waals surface area contributed by atoms with Gasteiger partial charge in [-0.2, -0.15) is 26.3 Å². The van der Waals surface area contributed by atoms with E-state index in [4.69, 9.17) is 9.47 Å². The molecule has 2 aromatic carbocycles. The lowest BCUT2D eigenvalue weighted by molar-refractivity contribution is -0.288. The third-order valence-electron chi connectivity index (χ3n) is 4.64. The molecule has 10 heteroatoms. The number of rotatable bonds is 6. The van der Waals surface area contributed by atoms with E-state index in [9.17, 15) is 35.9 Å². The molecular formula is C23H22F6O4. The van der Waals surface area contributed by atoms with Gasteiger partial charge in [-0.25, -0.2) is 9.59 Å². The Morgan fingerprint density at radius 2 is 1.15 bits per heavy atom. The summed E-state index contributed by atoms with van der Waals surface area (Å²) in [5.41, 5.74) is -8.20. The van der Waals surface area contributed by atoms with Crippen molar-refractivity contribution in [1.82, 2.24) is 0 Å². The first-order valence-electron chi connectivity index (χ1n) is 9.88. The van der Waals surface area contributed by atoms with Crippen LogP contribution in [0, 0.1) is 0 Å². The van der Waals surface area contributed by atoms with E-state index in [0.29, 0.717) is 18.2 Å².